The summed E-state index contributed by atoms with van der Waals surface area (Å²) in [5.41, 5.74) is 3.48. The lowest BCUT2D eigenvalue weighted by molar-refractivity contribution is 0.0696. The highest BCUT2D eigenvalue weighted by atomic mass is 35.5. The van der Waals surface area contributed by atoms with Crippen molar-refractivity contribution in [2.75, 3.05) is 0 Å². The van der Waals surface area contributed by atoms with Crippen molar-refractivity contribution in [2.45, 2.75) is 0 Å². The largest absolute Gasteiger partial charge is 0.478 e. The Hall–Kier alpha value is -3.38. The van der Waals surface area contributed by atoms with Gasteiger partial charge in [0.1, 0.15) is 11.5 Å². The fourth-order valence-electron chi connectivity index (χ4n) is 2.24. The molecule has 26 heavy (non-hydrogen) atoms. The van der Waals surface area contributed by atoms with E-state index < -0.39 is 11.9 Å². The predicted molar refractivity (Wildman–Crippen MR) is 97.6 cm³/mol. The molecule has 0 bridgehead atoms. The van der Waals surface area contributed by atoms with Gasteiger partial charge in [0.15, 0.2) is 0 Å². The van der Waals surface area contributed by atoms with Crippen molar-refractivity contribution in [1.29, 1.82) is 0 Å². The molecule has 0 spiro atoms. The molecule has 2 N–H and O–H groups in total. The number of carboxylic acid groups (broad SMARTS) is 1. The normalized spacial score (nSPS) is 10.8. The van der Waals surface area contributed by atoms with E-state index in [0.717, 1.165) is 0 Å². The molecule has 1 heterocycles. The number of amides is 1. The molecule has 0 aliphatic carbocycles. The van der Waals surface area contributed by atoms with Crippen LogP contribution < -0.4 is 5.43 Å². The second-order valence-electron chi connectivity index (χ2n) is 5.27. The van der Waals surface area contributed by atoms with Gasteiger partial charge >= 0.3 is 5.97 Å². The molecule has 7 heteroatoms. The first kappa shape index (κ1) is 17.4. The van der Waals surface area contributed by atoms with Crippen LogP contribution in [0.3, 0.4) is 0 Å². The third-order valence-corrected chi connectivity index (χ3v) is 3.83. The summed E-state index contributed by atoms with van der Waals surface area (Å²) in [6.07, 6.45) is 1.35. The molecule has 130 valence electrons. The molecule has 1 aromatic heterocycles. The van der Waals surface area contributed by atoms with E-state index in [2.05, 4.69) is 10.5 Å². The average Bonchev–Trinajstić information content (AvgIpc) is 3.11. The molecule has 0 saturated carbocycles. The number of rotatable bonds is 5. The van der Waals surface area contributed by atoms with Crippen LogP contribution in [-0.4, -0.2) is 23.2 Å². The summed E-state index contributed by atoms with van der Waals surface area (Å²) in [6.45, 7) is 0. The Balaban J connectivity index is 1.70. The Bertz CT molecular complexity index is 994. The number of hydrogen-bond acceptors (Lipinski definition) is 4. The van der Waals surface area contributed by atoms with E-state index in [1.54, 1.807) is 48.5 Å². The number of aromatic carboxylic acids is 1. The van der Waals surface area contributed by atoms with Crippen molar-refractivity contribution in [1.82, 2.24) is 5.43 Å². The van der Waals surface area contributed by atoms with E-state index in [-0.39, 0.29) is 5.56 Å². The third-order valence-electron chi connectivity index (χ3n) is 3.50. The minimum Gasteiger partial charge on any atom is -0.478 e. The van der Waals surface area contributed by atoms with E-state index in [0.29, 0.717) is 27.7 Å². The summed E-state index contributed by atoms with van der Waals surface area (Å²) in [5, 5.41) is 13.2. The number of carbonyl (C=O) groups is 2. The number of nitrogens with one attached hydrogen (secondary N) is 1. The highest BCUT2D eigenvalue weighted by Crippen LogP contribution is 2.22. The summed E-state index contributed by atoms with van der Waals surface area (Å²) in [6, 6.07) is 16.4. The Morgan fingerprint density at radius 3 is 2.65 bits per heavy atom. The van der Waals surface area contributed by atoms with Crippen LogP contribution in [0.1, 0.15) is 26.5 Å². The first-order chi connectivity index (χ1) is 12.5. The number of halogens is 1. The molecule has 0 atom stereocenters. The molecule has 0 saturated heterocycles. The van der Waals surface area contributed by atoms with Crippen LogP contribution in [0.15, 0.2) is 70.2 Å². The first-order valence-corrected chi connectivity index (χ1v) is 7.94. The minimum atomic E-state index is -1.01. The zero-order valence-electron chi connectivity index (χ0n) is 13.3. The molecule has 0 fully saturated rings. The topological polar surface area (TPSA) is 91.9 Å². The van der Waals surface area contributed by atoms with Crippen molar-refractivity contribution < 1.29 is 19.1 Å². The molecule has 1 amide bonds. The average molecular weight is 369 g/mol. The van der Waals surface area contributed by atoms with E-state index in [1.807, 2.05) is 0 Å². The number of hydrazone groups is 1. The molecule has 0 aliphatic heterocycles. The quantitative estimate of drug-likeness (QED) is 0.524. The van der Waals surface area contributed by atoms with Crippen LogP contribution in [0.5, 0.6) is 0 Å². The highest BCUT2D eigenvalue weighted by Gasteiger charge is 2.09. The van der Waals surface area contributed by atoms with Gasteiger partial charge in [-0.25, -0.2) is 10.2 Å². The number of benzene rings is 2. The van der Waals surface area contributed by atoms with Gasteiger partial charge in [0.2, 0.25) is 0 Å². The Morgan fingerprint density at radius 1 is 1.08 bits per heavy atom. The molecular weight excluding hydrogens is 356 g/mol. The minimum absolute atomic E-state index is 0.168. The molecular formula is C19H13ClN2O4. The lowest BCUT2D eigenvalue weighted by Gasteiger charge is -2.01. The lowest BCUT2D eigenvalue weighted by atomic mass is 10.1. The lowest BCUT2D eigenvalue weighted by Crippen LogP contribution is -2.17. The summed E-state index contributed by atoms with van der Waals surface area (Å²) in [5.74, 6) is -0.553. The molecule has 0 radical (unpaired) electrons. The zero-order chi connectivity index (χ0) is 18.5. The van der Waals surface area contributed by atoms with Crippen molar-refractivity contribution in [3.8, 4) is 11.3 Å². The van der Waals surface area contributed by atoms with E-state index >= 15 is 0 Å². The molecule has 0 unspecified atom stereocenters. The standard InChI is InChI=1S/C19H13ClN2O4/c20-16-7-2-1-6-15(16)18(23)22-21-11-14-8-9-17(26-14)12-4-3-5-13(10-12)19(24)25/h1-11H,(H,22,23)(H,24,25)/b21-11+. The Labute approximate surface area is 153 Å². The van der Waals surface area contributed by atoms with Crippen molar-refractivity contribution in [3.05, 3.63) is 82.6 Å². The molecule has 3 rings (SSSR count). The predicted octanol–water partition coefficient (Wildman–Crippen LogP) is 4.06. The van der Waals surface area contributed by atoms with Gasteiger partial charge in [-0.05, 0) is 36.4 Å². The van der Waals surface area contributed by atoms with Crippen molar-refractivity contribution in [2.24, 2.45) is 5.10 Å². The van der Waals surface area contributed by atoms with Crippen LogP contribution in [-0.2, 0) is 0 Å². The van der Waals surface area contributed by atoms with E-state index in [1.165, 1.54) is 18.3 Å². The third kappa shape index (κ3) is 3.99. The van der Waals surface area contributed by atoms with E-state index in [4.69, 9.17) is 21.1 Å². The van der Waals surface area contributed by atoms with Crippen LogP contribution in [0.4, 0.5) is 0 Å². The number of hydrogen-bond donors (Lipinski definition) is 2. The van der Waals surface area contributed by atoms with Crippen LogP contribution in [0.2, 0.25) is 5.02 Å². The maximum atomic E-state index is 12.0. The smallest absolute Gasteiger partial charge is 0.335 e. The van der Waals surface area contributed by atoms with Gasteiger partial charge in [-0.15, -0.1) is 0 Å². The molecule has 0 aliphatic rings. The summed E-state index contributed by atoms with van der Waals surface area (Å²) >= 11 is 5.95. The Kier molecular flexibility index (Phi) is 5.15. The Morgan fingerprint density at radius 2 is 1.88 bits per heavy atom. The van der Waals surface area contributed by atoms with Gasteiger partial charge in [-0.1, -0.05) is 35.9 Å². The molecule has 3 aromatic rings. The molecule has 6 nitrogen and oxygen atoms in total. The summed E-state index contributed by atoms with van der Waals surface area (Å²) in [4.78, 5) is 23.0. The summed E-state index contributed by atoms with van der Waals surface area (Å²) in [7, 11) is 0. The maximum Gasteiger partial charge on any atom is 0.335 e. The van der Waals surface area contributed by atoms with Gasteiger partial charge in [-0.2, -0.15) is 5.10 Å². The zero-order valence-corrected chi connectivity index (χ0v) is 14.1. The van der Waals surface area contributed by atoms with Gasteiger partial charge in [0.25, 0.3) is 5.91 Å². The van der Waals surface area contributed by atoms with Gasteiger partial charge in [0.05, 0.1) is 22.4 Å². The second kappa shape index (κ2) is 7.67. The van der Waals surface area contributed by atoms with Crippen LogP contribution in [0, 0.1) is 0 Å². The molecule has 2 aromatic carbocycles. The number of nitrogens with zero attached hydrogens (tertiary/aromatic N) is 1. The fourth-order valence-corrected chi connectivity index (χ4v) is 2.46. The van der Waals surface area contributed by atoms with E-state index in [9.17, 15) is 9.59 Å². The SMILES string of the molecule is O=C(O)c1cccc(-c2ccc(/C=N/NC(=O)c3ccccc3Cl)o2)c1. The first-order valence-electron chi connectivity index (χ1n) is 7.56. The van der Waals surface area contributed by atoms with Gasteiger partial charge in [-0.3, -0.25) is 4.79 Å². The fraction of sp³-hybridized carbons (Fsp3) is 0. The number of carbonyl (C=O) groups excluding carboxylic acids is 1. The van der Waals surface area contributed by atoms with Crippen LogP contribution >= 0.6 is 11.6 Å². The van der Waals surface area contributed by atoms with Crippen LogP contribution in [0.25, 0.3) is 11.3 Å². The monoisotopic (exact) mass is 368 g/mol. The second-order valence-corrected chi connectivity index (χ2v) is 5.67. The summed E-state index contributed by atoms with van der Waals surface area (Å²) < 4.78 is 5.60. The van der Waals surface area contributed by atoms with Gasteiger partial charge < -0.3 is 9.52 Å². The highest BCUT2D eigenvalue weighted by molar-refractivity contribution is 6.33. The maximum absolute atomic E-state index is 12.0. The van der Waals surface area contributed by atoms with Crippen molar-refractivity contribution >= 4 is 29.7 Å². The van der Waals surface area contributed by atoms with Gasteiger partial charge in [0, 0.05) is 5.56 Å². The van der Waals surface area contributed by atoms with Crippen molar-refractivity contribution in [3.63, 3.8) is 0 Å². The number of carboxylic acids is 1. The number of furan rings is 1.